The summed E-state index contributed by atoms with van der Waals surface area (Å²) in [6.45, 7) is 6.34. The summed E-state index contributed by atoms with van der Waals surface area (Å²) in [4.78, 5) is 11.5. The Morgan fingerprint density at radius 1 is 1.31 bits per heavy atom. The number of primary amides is 1. The molecule has 0 aromatic carbocycles. The Bertz CT molecular complexity index is 789. The van der Waals surface area contributed by atoms with Crippen molar-refractivity contribution in [3.05, 3.63) is 17.5 Å². The number of anilines is 1. The van der Waals surface area contributed by atoms with Crippen LogP contribution in [0.3, 0.4) is 0 Å². The summed E-state index contributed by atoms with van der Waals surface area (Å²) in [5.41, 5.74) is 13.3. The Labute approximate surface area is 153 Å². The van der Waals surface area contributed by atoms with Gasteiger partial charge in [0.1, 0.15) is 11.4 Å². The van der Waals surface area contributed by atoms with Crippen LogP contribution in [0.4, 0.5) is 17.3 Å². The first-order valence-corrected chi connectivity index (χ1v) is 9.01. The number of hydrogen-bond donors (Lipinski definition) is 2. The van der Waals surface area contributed by atoms with Crippen molar-refractivity contribution in [2.45, 2.75) is 58.9 Å². The molecule has 0 aliphatic carbocycles. The van der Waals surface area contributed by atoms with E-state index in [1.807, 2.05) is 4.68 Å². The molecule has 0 fully saturated rings. The molecular formula is C17H28N8O. The fraction of sp³-hybridized carbons (Fsp3) is 0.588. The van der Waals surface area contributed by atoms with Gasteiger partial charge in [0, 0.05) is 7.05 Å². The van der Waals surface area contributed by atoms with E-state index in [1.54, 1.807) is 7.05 Å². The third-order valence-corrected chi connectivity index (χ3v) is 4.30. The van der Waals surface area contributed by atoms with Crippen LogP contribution >= 0.6 is 0 Å². The van der Waals surface area contributed by atoms with Gasteiger partial charge in [-0.1, -0.05) is 26.7 Å². The minimum absolute atomic E-state index is 0.183. The van der Waals surface area contributed by atoms with Crippen LogP contribution in [0.5, 0.6) is 0 Å². The Hall–Kier alpha value is -2.71. The molecule has 2 aromatic rings. The van der Waals surface area contributed by atoms with Crippen molar-refractivity contribution >= 4 is 23.2 Å². The predicted molar refractivity (Wildman–Crippen MR) is 101 cm³/mol. The zero-order valence-corrected chi connectivity index (χ0v) is 15.9. The lowest BCUT2D eigenvalue weighted by Crippen LogP contribution is -2.10. The van der Waals surface area contributed by atoms with Crippen molar-refractivity contribution in [3.8, 4) is 0 Å². The molecule has 2 rings (SSSR count). The molecule has 0 bridgehead atoms. The first-order chi connectivity index (χ1) is 12.4. The van der Waals surface area contributed by atoms with Gasteiger partial charge in [-0.25, -0.2) is 9.36 Å². The minimum Gasteiger partial charge on any atom is -0.382 e. The third-order valence-electron chi connectivity index (χ3n) is 4.30. The van der Waals surface area contributed by atoms with Gasteiger partial charge in [0.05, 0.1) is 17.9 Å². The summed E-state index contributed by atoms with van der Waals surface area (Å²) >= 11 is 0. The quantitative estimate of drug-likeness (QED) is 0.663. The summed E-state index contributed by atoms with van der Waals surface area (Å²) in [7, 11) is 1.68. The summed E-state index contributed by atoms with van der Waals surface area (Å²) < 4.78 is 3.27. The molecule has 0 aliphatic heterocycles. The van der Waals surface area contributed by atoms with Crippen molar-refractivity contribution in [2.24, 2.45) is 23.0 Å². The van der Waals surface area contributed by atoms with Crippen LogP contribution in [0.2, 0.25) is 0 Å². The number of carbonyl (C=O) groups excluding carboxylic acids is 1. The highest BCUT2D eigenvalue weighted by Gasteiger charge is 2.19. The van der Waals surface area contributed by atoms with Crippen molar-refractivity contribution in [3.63, 3.8) is 0 Å². The molecule has 26 heavy (non-hydrogen) atoms. The second kappa shape index (κ2) is 8.59. The van der Waals surface area contributed by atoms with E-state index >= 15 is 0 Å². The number of aryl methyl sites for hydroxylation is 2. The number of nitrogens with zero attached hydrogens (tertiary/aromatic N) is 6. The number of carbonyl (C=O) groups is 1. The van der Waals surface area contributed by atoms with E-state index in [0.717, 1.165) is 37.8 Å². The van der Waals surface area contributed by atoms with Crippen LogP contribution < -0.4 is 11.5 Å². The number of hydrogen-bond acceptors (Lipinski definition) is 6. The Kier molecular flexibility index (Phi) is 6.48. The van der Waals surface area contributed by atoms with Gasteiger partial charge in [0.2, 0.25) is 0 Å². The lowest BCUT2D eigenvalue weighted by atomic mass is 10.2. The normalized spacial score (nSPS) is 12.8. The van der Waals surface area contributed by atoms with Crippen LogP contribution in [0.25, 0.3) is 0 Å². The van der Waals surface area contributed by atoms with E-state index in [1.165, 1.54) is 10.9 Å². The molecule has 0 unspecified atom stereocenters. The van der Waals surface area contributed by atoms with Gasteiger partial charge < -0.3 is 11.5 Å². The molecule has 0 radical (unpaired) electrons. The Morgan fingerprint density at radius 2 is 2.04 bits per heavy atom. The lowest BCUT2D eigenvalue weighted by molar-refractivity contribution is 0.100. The zero-order chi connectivity index (χ0) is 19.3. The van der Waals surface area contributed by atoms with Gasteiger partial charge in [0.25, 0.3) is 5.91 Å². The maximum Gasteiger partial charge on any atom is 0.254 e. The van der Waals surface area contributed by atoms with Gasteiger partial charge in [0.15, 0.2) is 11.5 Å². The van der Waals surface area contributed by atoms with Crippen LogP contribution in [0.15, 0.2) is 16.4 Å². The number of unbranched alkanes of at least 4 members (excludes halogenated alkanes) is 1. The molecule has 4 N–H and O–H groups in total. The second-order valence-corrected chi connectivity index (χ2v) is 6.44. The number of rotatable bonds is 9. The summed E-state index contributed by atoms with van der Waals surface area (Å²) in [5.74, 6) is 0.190. The smallest absolute Gasteiger partial charge is 0.254 e. The first-order valence-electron chi connectivity index (χ1n) is 9.01. The van der Waals surface area contributed by atoms with E-state index in [-0.39, 0.29) is 11.6 Å². The molecule has 0 aliphatic rings. The molecule has 0 saturated heterocycles. The summed E-state index contributed by atoms with van der Waals surface area (Å²) in [6.07, 6.45) is 6.20. The number of nitrogens with two attached hydrogens (primary N) is 2. The Balaban J connectivity index is 2.44. The van der Waals surface area contributed by atoms with Gasteiger partial charge >= 0.3 is 0 Å². The molecule has 0 spiro atoms. The average Bonchev–Trinajstić information content (AvgIpc) is 3.11. The maximum atomic E-state index is 11.5. The second-order valence-electron chi connectivity index (χ2n) is 6.44. The fourth-order valence-electron chi connectivity index (χ4n) is 2.81. The lowest BCUT2D eigenvalue weighted by Gasteiger charge is -2.12. The molecule has 9 nitrogen and oxygen atoms in total. The first kappa shape index (κ1) is 19.6. The molecule has 1 amide bonds. The van der Waals surface area contributed by atoms with Gasteiger partial charge in [-0.15, -0.1) is 10.2 Å². The third kappa shape index (κ3) is 4.09. The van der Waals surface area contributed by atoms with Crippen molar-refractivity contribution in [1.82, 2.24) is 19.6 Å². The van der Waals surface area contributed by atoms with Gasteiger partial charge in [-0.2, -0.15) is 10.2 Å². The Morgan fingerprint density at radius 3 is 2.65 bits per heavy atom. The van der Waals surface area contributed by atoms with E-state index in [9.17, 15) is 4.79 Å². The van der Waals surface area contributed by atoms with Crippen LogP contribution in [-0.2, 0) is 13.5 Å². The molecule has 1 atom stereocenters. The highest BCUT2D eigenvalue weighted by molar-refractivity contribution is 5.96. The summed E-state index contributed by atoms with van der Waals surface area (Å²) in [6, 6.07) is 0.183. The van der Waals surface area contributed by atoms with Crippen LogP contribution in [-0.4, -0.2) is 25.5 Å². The van der Waals surface area contributed by atoms with E-state index < -0.39 is 5.91 Å². The fourth-order valence-corrected chi connectivity index (χ4v) is 2.81. The van der Waals surface area contributed by atoms with Crippen molar-refractivity contribution in [1.29, 1.82) is 0 Å². The zero-order valence-electron chi connectivity index (χ0n) is 15.9. The van der Waals surface area contributed by atoms with Crippen LogP contribution in [0, 0.1) is 0 Å². The highest BCUT2D eigenvalue weighted by Crippen LogP contribution is 2.33. The standard InChI is InChI=1S/C17H28N8O/c1-5-7-9-13-14(15(18)25(23-13)11(3)8-6-2)21-22-17-12(16(19)26)10-20-24(17)4/h10-11H,5-9,18H2,1-4H3,(H2,19,26)/t11-/m0/s1. The molecule has 0 saturated carbocycles. The number of aromatic nitrogens is 4. The number of azo groups is 1. The maximum absolute atomic E-state index is 11.5. The van der Waals surface area contributed by atoms with Crippen molar-refractivity contribution < 1.29 is 4.79 Å². The summed E-state index contributed by atoms with van der Waals surface area (Å²) in [5, 5.41) is 17.2. The highest BCUT2D eigenvalue weighted by atomic mass is 16.1. The number of amides is 1. The largest absolute Gasteiger partial charge is 0.382 e. The van der Waals surface area contributed by atoms with E-state index in [0.29, 0.717) is 17.3 Å². The van der Waals surface area contributed by atoms with E-state index in [2.05, 4.69) is 41.2 Å². The molecule has 142 valence electrons. The monoisotopic (exact) mass is 360 g/mol. The van der Waals surface area contributed by atoms with Gasteiger partial charge in [-0.05, 0) is 26.2 Å². The topological polar surface area (TPSA) is 129 Å². The molecule has 2 heterocycles. The predicted octanol–water partition coefficient (Wildman–Crippen LogP) is 3.42. The number of nitrogen functional groups attached to an aromatic ring is 1. The molecule has 2 aromatic heterocycles. The van der Waals surface area contributed by atoms with Crippen LogP contribution in [0.1, 0.15) is 68.5 Å². The SMILES string of the molecule is CCCCc1nn([C@@H](C)CCC)c(N)c1N=Nc1c(C(N)=O)cnn1C. The minimum atomic E-state index is -0.599. The van der Waals surface area contributed by atoms with Gasteiger partial charge in [-0.3, -0.25) is 4.79 Å². The molecule has 9 heteroatoms. The molecular weight excluding hydrogens is 332 g/mol. The average molecular weight is 360 g/mol. The van der Waals surface area contributed by atoms with E-state index in [4.69, 9.17) is 11.5 Å². The van der Waals surface area contributed by atoms with Crippen molar-refractivity contribution in [2.75, 3.05) is 5.73 Å².